The SMILES string of the molecule is COC(=O)C1Cc2cn(c3ccccc23)C(NC(=O)[C@H](Cc2ccc(O)cc2)NC(=O)[C@@H]2CCCN2C(=O)[C@@H]2CCC(=O)N2)C(=O)NC(C(C)C)C(=O)NCC(=O)NC(CO)C(=O)N1. The van der Waals surface area contributed by atoms with Crippen LogP contribution >= 0.6 is 0 Å². The molecule has 64 heavy (non-hydrogen) atoms. The molecular formula is C43H53N9O12. The van der Waals surface area contributed by atoms with Crippen molar-refractivity contribution in [3.8, 4) is 5.75 Å². The number of hydrogen-bond donors (Lipinski definition) is 9. The van der Waals surface area contributed by atoms with Gasteiger partial charge in [0.05, 0.1) is 25.8 Å². The first-order valence-corrected chi connectivity index (χ1v) is 21.0. The van der Waals surface area contributed by atoms with Crippen molar-refractivity contribution in [3.05, 3.63) is 65.9 Å². The molecule has 342 valence electrons. The third-order valence-corrected chi connectivity index (χ3v) is 11.5. The number of phenolic OH excluding ortho intramolecular Hbond substituents is 1. The van der Waals surface area contributed by atoms with Crippen LogP contribution < -0.4 is 37.2 Å². The highest BCUT2D eigenvalue weighted by Crippen LogP contribution is 2.27. The predicted octanol–water partition coefficient (Wildman–Crippen LogP) is -2.09. The number of aromatic nitrogens is 1. The number of phenols is 1. The van der Waals surface area contributed by atoms with E-state index < -0.39 is 109 Å². The quantitative estimate of drug-likeness (QED) is 0.0991. The van der Waals surface area contributed by atoms with Gasteiger partial charge in [0.15, 0.2) is 6.17 Å². The first-order valence-electron chi connectivity index (χ1n) is 21.0. The highest BCUT2D eigenvalue weighted by molar-refractivity contribution is 5.99. The second kappa shape index (κ2) is 20.4. The van der Waals surface area contributed by atoms with Gasteiger partial charge in [-0.2, -0.15) is 0 Å². The summed E-state index contributed by atoms with van der Waals surface area (Å²) in [6, 6.07) is 5.28. The summed E-state index contributed by atoms with van der Waals surface area (Å²) in [7, 11) is 1.11. The van der Waals surface area contributed by atoms with E-state index >= 15 is 0 Å². The molecule has 0 aliphatic carbocycles. The van der Waals surface area contributed by atoms with Crippen LogP contribution in [-0.2, 0) is 60.7 Å². The molecule has 1 aromatic heterocycles. The molecule has 2 aromatic carbocycles. The molecule has 4 heterocycles. The Morgan fingerprint density at radius 3 is 2.28 bits per heavy atom. The molecule has 3 aliphatic heterocycles. The van der Waals surface area contributed by atoms with E-state index in [0.717, 1.165) is 7.11 Å². The number of nitrogens with one attached hydrogen (secondary N) is 7. The van der Waals surface area contributed by atoms with E-state index in [-0.39, 0.29) is 50.3 Å². The third kappa shape index (κ3) is 10.8. The summed E-state index contributed by atoms with van der Waals surface area (Å²) in [4.78, 5) is 123. The summed E-state index contributed by atoms with van der Waals surface area (Å²) in [6.45, 7) is 2.02. The van der Waals surface area contributed by atoms with Crippen LogP contribution in [0.2, 0.25) is 0 Å². The second-order valence-corrected chi connectivity index (χ2v) is 16.3. The standard InChI is InChI=1S/C43H53N9O12/c1-22(2)35-40(60)44-19-34(56)46-30(21-53)38(58)48-29(43(63)64-3)18-24-20-52(31-8-5-4-7-26(24)31)36(41(61)49-35)50-37(57)28(17-23-10-12-25(54)13-11-23)47-39(59)32-9-6-16-51(32)42(62)27-14-15-33(55)45-27/h4-5,7-8,10-13,20,22,27-30,32,35-36,53-54H,6,9,14-19,21H2,1-3H3,(H,44,60)(H,45,55)(H,46,56)(H,47,59)(H,48,58)(H,49,61)(H,50,57)/t27-,28-,29?,30?,32-,35?,36?/m0/s1. The Kier molecular flexibility index (Phi) is 14.8. The van der Waals surface area contributed by atoms with Crippen molar-refractivity contribution >= 4 is 64.1 Å². The molecule has 9 N–H and O–H groups in total. The molecular weight excluding hydrogens is 835 g/mol. The zero-order valence-electron chi connectivity index (χ0n) is 35.6. The third-order valence-electron chi connectivity index (χ3n) is 11.5. The van der Waals surface area contributed by atoms with Crippen LogP contribution in [0.1, 0.15) is 56.8 Å². The van der Waals surface area contributed by atoms with Crippen molar-refractivity contribution in [2.45, 2.75) is 94.8 Å². The molecule has 21 nitrogen and oxygen atoms in total. The number of aliphatic hydroxyl groups excluding tert-OH is 1. The number of benzene rings is 2. The molecule has 8 amide bonds. The number of aliphatic hydroxyl groups is 1. The Labute approximate surface area is 367 Å². The first-order chi connectivity index (χ1) is 30.6. The van der Waals surface area contributed by atoms with Gasteiger partial charge >= 0.3 is 5.97 Å². The van der Waals surface area contributed by atoms with Crippen LogP contribution in [0, 0.1) is 5.92 Å². The summed E-state index contributed by atoms with van der Waals surface area (Å²) >= 11 is 0. The van der Waals surface area contributed by atoms with Gasteiger partial charge in [-0.25, -0.2) is 4.79 Å². The molecule has 3 aromatic rings. The minimum Gasteiger partial charge on any atom is -0.508 e. The number of amides is 8. The van der Waals surface area contributed by atoms with Crippen molar-refractivity contribution < 1.29 is 58.1 Å². The Bertz CT molecular complexity index is 2300. The van der Waals surface area contributed by atoms with Crippen molar-refractivity contribution in [3.63, 3.8) is 0 Å². The Morgan fingerprint density at radius 1 is 0.875 bits per heavy atom. The molecule has 0 radical (unpaired) electrons. The first kappa shape index (κ1) is 46.5. The van der Waals surface area contributed by atoms with Crippen LogP contribution in [0.4, 0.5) is 0 Å². The molecule has 7 atom stereocenters. The maximum absolute atomic E-state index is 14.7. The van der Waals surface area contributed by atoms with E-state index in [4.69, 9.17) is 4.74 Å². The van der Waals surface area contributed by atoms with Gasteiger partial charge in [0, 0.05) is 37.4 Å². The van der Waals surface area contributed by atoms with E-state index in [2.05, 4.69) is 37.2 Å². The number of nitrogens with zero attached hydrogens (tertiary/aromatic N) is 2. The van der Waals surface area contributed by atoms with E-state index in [1.54, 1.807) is 50.2 Å². The van der Waals surface area contributed by atoms with Crippen LogP contribution in [0.15, 0.2) is 54.7 Å². The summed E-state index contributed by atoms with van der Waals surface area (Å²) in [6.07, 6.45) is 0.695. The maximum Gasteiger partial charge on any atom is 0.328 e. The van der Waals surface area contributed by atoms with Crippen LogP contribution in [-0.4, -0.2) is 136 Å². The van der Waals surface area contributed by atoms with Gasteiger partial charge in [-0.05, 0) is 54.5 Å². The number of aromatic hydroxyl groups is 1. The number of hydrogen-bond acceptors (Lipinski definition) is 12. The monoisotopic (exact) mass is 887 g/mol. The van der Waals surface area contributed by atoms with Gasteiger partial charge in [0.1, 0.15) is 42.0 Å². The summed E-state index contributed by atoms with van der Waals surface area (Å²) in [5, 5.41) is 38.6. The number of para-hydroxylation sites is 1. The molecule has 4 unspecified atom stereocenters. The zero-order chi connectivity index (χ0) is 46.2. The second-order valence-electron chi connectivity index (χ2n) is 16.3. The van der Waals surface area contributed by atoms with Gasteiger partial charge in [0.2, 0.25) is 41.4 Å². The van der Waals surface area contributed by atoms with E-state index in [9.17, 15) is 53.4 Å². The molecule has 0 saturated carbocycles. The van der Waals surface area contributed by atoms with Crippen molar-refractivity contribution in [1.82, 2.24) is 46.7 Å². The van der Waals surface area contributed by atoms with Gasteiger partial charge < -0.3 is 61.6 Å². The van der Waals surface area contributed by atoms with Gasteiger partial charge in [-0.1, -0.05) is 44.2 Å². The van der Waals surface area contributed by atoms with Gasteiger partial charge in [0.25, 0.3) is 5.91 Å². The zero-order valence-corrected chi connectivity index (χ0v) is 35.6. The number of methoxy groups -OCH3 is 1. The summed E-state index contributed by atoms with van der Waals surface area (Å²) in [5.74, 6) is -7.15. The fraction of sp³-hybridized carbons (Fsp3) is 0.465. The smallest absolute Gasteiger partial charge is 0.328 e. The number of esters is 1. The van der Waals surface area contributed by atoms with Crippen LogP contribution in [0.5, 0.6) is 5.75 Å². The lowest BCUT2D eigenvalue weighted by molar-refractivity contribution is -0.145. The average Bonchev–Trinajstić information content (AvgIpc) is 4.04. The van der Waals surface area contributed by atoms with E-state index in [1.807, 2.05) is 0 Å². The fourth-order valence-corrected chi connectivity index (χ4v) is 8.11. The Balaban J connectivity index is 1.39. The summed E-state index contributed by atoms with van der Waals surface area (Å²) in [5.41, 5.74) is 1.28. The molecule has 2 saturated heterocycles. The van der Waals surface area contributed by atoms with Crippen molar-refractivity contribution in [2.75, 3.05) is 26.8 Å². The average molecular weight is 888 g/mol. The number of likely N-dealkylation sites (tertiary alicyclic amines) is 1. The summed E-state index contributed by atoms with van der Waals surface area (Å²) < 4.78 is 6.39. The van der Waals surface area contributed by atoms with Crippen molar-refractivity contribution in [2.24, 2.45) is 5.92 Å². The predicted molar refractivity (Wildman–Crippen MR) is 225 cm³/mol. The molecule has 2 bridgehead atoms. The molecule has 21 heteroatoms. The van der Waals surface area contributed by atoms with Gasteiger partial charge in [-0.3, -0.25) is 38.4 Å². The largest absolute Gasteiger partial charge is 0.508 e. The lowest BCUT2D eigenvalue weighted by Gasteiger charge is -2.30. The minimum atomic E-state index is -1.65. The lowest BCUT2D eigenvalue weighted by Crippen LogP contribution is -2.58. The molecule has 6 rings (SSSR count). The minimum absolute atomic E-state index is 0.0480. The number of carbonyl (C=O) groups is 9. The molecule has 2 fully saturated rings. The topological polar surface area (TPSA) is 296 Å². The highest BCUT2D eigenvalue weighted by atomic mass is 16.5. The lowest BCUT2D eigenvalue weighted by atomic mass is 10.0. The highest BCUT2D eigenvalue weighted by Gasteiger charge is 2.41. The molecule has 0 spiro atoms. The Morgan fingerprint density at radius 2 is 1.61 bits per heavy atom. The number of carbonyl (C=O) groups excluding carboxylic acids is 9. The van der Waals surface area contributed by atoms with E-state index in [1.165, 1.54) is 27.8 Å². The van der Waals surface area contributed by atoms with Crippen LogP contribution in [0.25, 0.3) is 10.9 Å². The van der Waals surface area contributed by atoms with Crippen LogP contribution in [0.3, 0.4) is 0 Å². The Hall–Kier alpha value is -7.03. The number of rotatable bonds is 10. The van der Waals surface area contributed by atoms with Crippen molar-refractivity contribution in [1.29, 1.82) is 0 Å². The van der Waals surface area contributed by atoms with E-state index in [0.29, 0.717) is 28.5 Å². The maximum atomic E-state index is 14.7. The number of ether oxygens (including phenoxy) is 1. The molecule has 3 aliphatic rings. The normalized spacial score (nSPS) is 23.8. The fourth-order valence-electron chi connectivity index (χ4n) is 8.11. The van der Waals surface area contributed by atoms with Gasteiger partial charge in [-0.15, -0.1) is 0 Å². The number of fused-ring (bicyclic) bond motifs is 5.